The van der Waals surface area contributed by atoms with Crippen LogP contribution in [-0.2, 0) is 6.42 Å². The highest BCUT2D eigenvalue weighted by atomic mass is 35.5. The van der Waals surface area contributed by atoms with Gasteiger partial charge in [-0.15, -0.1) is 10.2 Å². The Morgan fingerprint density at radius 2 is 1.58 bits per heavy atom. The van der Waals surface area contributed by atoms with Gasteiger partial charge in [0.15, 0.2) is 10.9 Å². The number of anilines is 1. The lowest BCUT2D eigenvalue weighted by Gasteiger charge is -2.11. The first-order chi connectivity index (χ1) is 11.5. The van der Waals surface area contributed by atoms with Gasteiger partial charge >= 0.3 is 0 Å². The molecule has 24 heavy (non-hydrogen) atoms. The molecular weight excluding hydrogens is 369 g/mol. The van der Waals surface area contributed by atoms with Gasteiger partial charge in [0, 0.05) is 23.7 Å². The summed E-state index contributed by atoms with van der Waals surface area (Å²) in [5.41, 5.74) is 8.02. The van der Waals surface area contributed by atoms with Crippen LogP contribution in [0.2, 0.25) is 15.2 Å². The second kappa shape index (κ2) is 7.26. The molecular formula is C17H12Cl3N3O. The fourth-order valence-electron chi connectivity index (χ4n) is 2.17. The maximum atomic E-state index is 6.13. The molecule has 1 aromatic heterocycles. The molecule has 2 N–H and O–H groups in total. The second-order valence-corrected chi connectivity index (χ2v) is 6.25. The number of hydrogen-bond acceptors (Lipinski definition) is 4. The summed E-state index contributed by atoms with van der Waals surface area (Å²) in [6.45, 7) is 0. The molecule has 0 fully saturated rings. The fourth-order valence-corrected chi connectivity index (χ4v) is 2.91. The highest BCUT2D eigenvalue weighted by Gasteiger charge is 2.13. The van der Waals surface area contributed by atoms with Crippen LogP contribution in [0.25, 0.3) is 0 Å². The molecule has 0 aliphatic rings. The van der Waals surface area contributed by atoms with Crippen LogP contribution >= 0.6 is 34.8 Å². The van der Waals surface area contributed by atoms with E-state index in [2.05, 4.69) is 10.2 Å². The van der Waals surface area contributed by atoms with Gasteiger partial charge in [0.1, 0.15) is 0 Å². The van der Waals surface area contributed by atoms with Gasteiger partial charge in [-0.2, -0.15) is 0 Å². The molecule has 0 atom stereocenters. The van der Waals surface area contributed by atoms with E-state index >= 15 is 0 Å². The summed E-state index contributed by atoms with van der Waals surface area (Å²) in [7, 11) is 0. The SMILES string of the molecule is Nc1cc(Cl)c(Oc2cc(Cc3ccccc3)c(Cl)nn2)c(Cl)c1. The number of benzene rings is 2. The zero-order valence-corrected chi connectivity index (χ0v) is 14.6. The third-order valence-corrected chi connectivity index (χ3v) is 4.14. The van der Waals surface area contributed by atoms with E-state index in [4.69, 9.17) is 45.3 Å². The maximum absolute atomic E-state index is 6.13. The van der Waals surface area contributed by atoms with Gasteiger partial charge in [-0.3, -0.25) is 0 Å². The Hall–Kier alpha value is -2.01. The van der Waals surface area contributed by atoms with E-state index in [-0.39, 0.29) is 11.6 Å². The molecule has 0 saturated heterocycles. The van der Waals surface area contributed by atoms with Crippen molar-refractivity contribution in [1.82, 2.24) is 10.2 Å². The molecule has 0 unspecified atom stereocenters. The quantitative estimate of drug-likeness (QED) is 0.615. The van der Waals surface area contributed by atoms with Gasteiger partial charge < -0.3 is 10.5 Å². The maximum Gasteiger partial charge on any atom is 0.239 e. The van der Waals surface area contributed by atoms with Crippen LogP contribution in [0.15, 0.2) is 48.5 Å². The summed E-state index contributed by atoms with van der Waals surface area (Å²) in [4.78, 5) is 0. The molecule has 0 bridgehead atoms. The van der Waals surface area contributed by atoms with E-state index in [0.717, 1.165) is 11.1 Å². The van der Waals surface area contributed by atoms with E-state index < -0.39 is 0 Å². The fraction of sp³-hybridized carbons (Fsp3) is 0.0588. The summed E-state index contributed by atoms with van der Waals surface area (Å²) >= 11 is 18.4. The van der Waals surface area contributed by atoms with Crippen molar-refractivity contribution in [2.75, 3.05) is 5.73 Å². The minimum Gasteiger partial charge on any atom is -0.434 e. The number of hydrogen-bond donors (Lipinski definition) is 1. The summed E-state index contributed by atoms with van der Waals surface area (Å²) < 4.78 is 5.68. The lowest BCUT2D eigenvalue weighted by atomic mass is 10.1. The monoisotopic (exact) mass is 379 g/mol. The third-order valence-electron chi connectivity index (χ3n) is 3.26. The van der Waals surface area contributed by atoms with E-state index in [9.17, 15) is 0 Å². The topological polar surface area (TPSA) is 61.0 Å². The van der Waals surface area contributed by atoms with Gasteiger partial charge in [-0.25, -0.2) is 0 Å². The highest BCUT2D eigenvalue weighted by molar-refractivity contribution is 6.37. The molecule has 3 rings (SSSR count). The van der Waals surface area contributed by atoms with Crippen LogP contribution in [0.4, 0.5) is 5.69 Å². The van der Waals surface area contributed by atoms with Crippen molar-refractivity contribution in [3.63, 3.8) is 0 Å². The molecule has 2 aromatic carbocycles. The Labute approximate surface area is 154 Å². The molecule has 0 amide bonds. The molecule has 4 nitrogen and oxygen atoms in total. The van der Waals surface area contributed by atoms with Gasteiger partial charge in [0.25, 0.3) is 0 Å². The van der Waals surface area contributed by atoms with Gasteiger partial charge in [0.2, 0.25) is 5.88 Å². The zero-order valence-electron chi connectivity index (χ0n) is 12.3. The Kier molecular flexibility index (Phi) is 5.09. The van der Waals surface area contributed by atoms with Crippen molar-refractivity contribution < 1.29 is 4.74 Å². The van der Waals surface area contributed by atoms with Crippen molar-refractivity contribution >= 4 is 40.5 Å². The van der Waals surface area contributed by atoms with Crippen LogP contribution in [0.5, 0.6) is 11.6 Å². The van der Waals surface area contributed by atoms with Gasteiger partial charge in [0.05, 0.1) is 10.0 Å². The van der Waals surface area contributed by atoms with E-state index in [1.807, 2.05) is 30.3 Å². The number of rotatable bonds is 4. The minimum atomic E-state index is 0.249. The molecule has 0 aliphatic heterocycles. The molecule has 1 heterocycles. The molecule has 0 spiro atoms. The molecule has 0 aliphatic carbocycles. The van der Waals surface area contributed by atoms with E-state index in [1.54, 1.807) is 18.2 Å². The van der Waals surface area contributed by atoms with Crippen molar-refractivity contribution in [2.45, 2.75) is 6.42 Å². The molecule has 122 valence electrons. The van der Waals surface area contributed by atoms with Gasteiger partial charge in [-0.05, 0) is 17.7 Å². The van der Waals surface area contributed by atoms with Crippen LogP contribution in [0.3, 0.4) is 0 Å². The number of nitrogens with two attached hydrogens (primary N) is 1. The van der Waals surface area contributed by atoms with Crippen LogP contribution < -0.4 is 10.5 Å². The van der Waals surface area contributed by atoms with E-state index in [0.29, 0.717) is 27.3 Å². The Morgan fingerprint density at radius 1 is 0.917 bits per heavy atom. The first-order valence-corrected chi connectivity index (χ1v) is 8.14. The Bertz CT molecular complexity index is 849. The standard InChI is InChI=1S/C17H12Cl3N3O/c18-13-8-12(21)9-14(19)16(13)24-15-7-11(17(20)23-22-15)6-10-4-2-1-3-5-10/h1-5,7-9H,6,21H2. The van der Waals surface area contributed by atoms with E-state index in [1.165, 1.54) is 0 Å². The third kappa shape index (κ3) is 3.90. The number of nitrogen functional groups attached to an aromatic ring is 1. The largest absolute Gasteiger partial charge is 0.434 e. The molecule has 0 radical (unpaired) electrons. The zero-order chi connectivity index (χ0) is 17.1. The average molecular weight is 381 g/mol. The number of halogens is 3. The summed E-state index contributed by atoms with van der Waals surface area (Å²) in [6, 6.07) is 14.7. The predicted molar refractivity (Wildman–Crippen MR) is 97.2 cm³/mol. The lowest BCUT2D eigenvalue weighted by molar-refractivity contribution is 0.455. The molecule has 0 saturated carbocycles. The second-order valence-electron chi connectivity index (χ2n) is 5.08. The normalized spacial score (nSPS) is 10.6. The number of aromatic nitrogens is 2. The lowest BCUT2D eigenvalue weighted by Crippen LogP contribution is -1.98. The molecule has 3 aromatic rings. The van der Waals surface area contributed by atoms with Gasteiger partial charge in [-0.1, -0.05) is 65.1 Å². The predicted octanol–water partition coefficient (Wildman–Crippen LogP) is 5.40. The van der Waals surface area contributed by atoms with Crippen molar-refractivity contribution in [3.8, 4) is 11.6 Å². The van der Waals surface area contributed by atoms with Crippen LogP contribution in [0.1, 0.15) is 11.1 Å². The van der Waals surface area contributed by atoms with Crippen molar-refractivity contribution in [2.24, 2.45) is 0 Å². The van der Waals surface area contributed by atoms with Crippen molar-refractivity contribution in [3.05, 3.63) is 74.9 Å². The van der Waals surface area contributed by atoms with Crippen molar-refractivity contribution in [1.29, 1.82) is 0 Å². The van der Waals surface area contributed by atoms with Crippen LogP contribution in [-0.4, -0.2) is 10.2 Å². The number of nitrogens with zero attached hydrogens (tertiary/aromatic N) is 2. The Balaban J connectivity index is 1.89. The first kappa shape index (κ1) is 16.8. The average Bonchev–Trinajstić information content (AvgIpc) is 2.55. The van der Waals surface area contributed by atoms with Crippen LogP contribution in [0, 0.1) is 0 Å². The summed E-state index contributed by atoms with van der Waals surface area (Å²) in [6.07, 6.45) is 0.606. The Morgan fingerprint density at radius 3 is 2.25 bits per heavy atom. The number of ether oxygens (including phenoxy) is 1. The minimum absolute atomic E-state index is 0.249. The smallest absolute Gasteiger partial charge is 0.239 e. The molecule has 7 heteroatoms. The summed E-state index contributed by atoms with van der Waals surface area (Å²) in [5, 5.41) is 8.76. The highest BCUT2D eigenvalue weighted by Crippen LogP contribution is 2.38. The first-order valence-electron chi connectivity index (χ1n) is 7.01. The summed E-state index contributed by atoms with van der Waals surface area (Å²) in [5.74, 6) is 0.522.